The first-order valence-corrected chi connectivity index (χ1v) is 12.1. The quantitative estimate of drug-likeness (QED) is 0.566. The van der Waals surface area contributed by atoms with E-state index in [9.17, 15) is 5.11 Å². The van der Waals surface area contributed by atoms with Crippen LogP contribution in [0.2, 0.25) is 0 Å². The number of aromatic nitrogens is 1. The molecule has 2 aliphatic rings. The largest absolute Gasteiger partial charge is 0.395 e. The van der Waals surface area contributed by atoms with Crippen molar-refractivity contribution in [2.45, 2.75) is 37.4 Å². The predicted molar refractivity (Wildman–Crippen MR) is 135 cm³/mol. The minimum Gasteiger partial charge on any atom is -0.395 e. The number of hydrogen-bond donors (Lipinski definition) is 1. The van der Waals surface area contributed by atoms with Gasteiger partial charge in [-0.25, -0.2) is 0 Å². The predicted octanol–water partition coefficient (Wildman–Crippen LogP) is 4.68. The van der Waals surface area contributed by atoms with Crippen LogP contribution in [0.15, 0.2) is 79.1 Å². The van der Waals surface area contributed by atoms with Gasteiger partial charge in [0.25, 0.3) is 0 Å². The van der Waals surface area contributed by atoms with Gasteiger partial charge in [-0.2, -0.15) is 0 Å². The van der Waals surface area contributed by atoms with Crippen LogP contribution in [-0.4, -0.2) is 58.2 Å². The number of fused-ring (bicyclic) bond motifs is 1. The van der Waals surface area contributed by atoms with Gasteiger partial charge in [-0.3, -0.25) is 14.8 Å². The molecule has 0 aliphatic carbocycles. The lowest BCUT2D eigenvalue weighted by atomic mass is 9.74. The van der Waals surface area contributed by atoms with Crippen LogP contribution in [0.25, 0.3) is 12.2 Å². The van der Waals surface area contributed by atoms with E-state index < -0.39 is 0 Å². The van der Waals surface area contributed by atoms with Crippen LogP contribution >= 0.6 is 0 Å². The maximum absolute atomic E-state index is 10.2. The fourth-order valence-electron chi connectivity index (χ4n) is 5.49. The van der Waals surface area contributed by atoms with Crippen molar-refractivity contribution in [1.29, 1.82) is 0 Å². The highest BCUT2D eigenvalue weighted by Crippen LogP contribution is 2.42. The molecule has 0 bridgehead atoms. The molecule has 2 fully saturated rings. The molecule has 3 heterocycles. The van der Waals surface area contributed by atoms with Gasteiger partial charge >= 0.3 is 0 Å². The molecule has 2 aliphatic heterocycles. The van der Waals surface area contributed by atoms with Gasteiger partial charge in [-0.1, -0.05) is 72.8 Å². The van der Waals surface area contributed by atoms with E-state index in [1.54, 1.807) is 0 Å². The van der Waals surface area contributed by atoms with E-state index in [4.69, 9.17) is 0 Å². The third kappa shape index (κ3) is 5.09. The van der Waals surface area contributed by atoms with Crippen LogP contribution in [-0.2, 0) is 6.54 Å². The van der Waals surface area contributed by atoms with Crippen molar-refractivity contribution in [3.8, 4) is 0 Å². The standard InChI is InChI=1S/C29H33N3O/c33-22-28-29(26-14-12-24(13-15-26)11-10-23-7-2-1-3-8-23)27-21-31(17-4-5-18-32(27)28)20-25-9-6-16-30-19-25/h1-3,6-16,19,27-29,33H,4-5,17-18,20-22H2/t27-,28+,29-/m1/s1. The monoisotopic (exact) mass is 439 g/mol. The average Bonchev–Trinajstić information content (AvgIpc) is 2.85. The molecule has 4 heteroatoms. The Kier molecular flexibility index (Phi) is 6.96. The number of rotatable bonds is 6. The molecule has 2 aromatic carbocycles. The molecule has 3 aromatic rings. The summed E-state index contributed by atoms with van der Waals surface area (Å²) in [6.07, 6.45) is 10.5. The molecule has 1 aromatic heterocycles. The summed E-state index contributed by atoms with van der Waals surface area (Å²) < 4.78 is 0. The summed E-state index contributed by atoms with van der Waals surface area (Å²) >= 11 is 0. The molecule has 4 nitrogen and oxygen atoms in total. The minimum absolute atomic E-state index is 0.221. The average molecular weight is 440 g/mol. The van der Waals surface area contributed by atoms with Crippen molar-refractivity contribution in [2.24, 2.45) is 0 Å². The summed E-state index contributed by atoms with van der Waals surface area (Å²) in [6, 6.07) is 24.2. The van der Waals surface area contributed by atoms with Crippen molar-refractivity contribution in [3.05, 3.63) is 101 Å². The number of nitrogens with zero attached hydrogens (tertiary/aromatic N) is 3. The molecular formula is C29H33N3O. The molecule has 2 saturated heterocycles. The lowest BCUT2D eigenvalue weighted by Crippen LogP contribution is -2.67. The zero-order valence-corrected chi connectivity index (χ0v) is 19.1. The van der Waals surface area contributed by atoms with Crippen LogP contribution in [0.1, 0.15) is 41.0 Å². The van der Waals surface area contributed by atoms with Crippen LogP contribution in [0, 0.1) is 0 Å². The lowest BCUT2D eigenvalue weighted by molar-refractivity contribution is -0.0655. The number of hydrogen-bond acceptors (Lipinski definition) is 4. The van der Waals surface area contributed by atoms with Gasteiger partial charge in [-0.05, 0) is 54.3 Å². The van der Waals surface area contributed by atoms with Gasteiger partial charge in [0.1, 0.15) is 0 Å². The maximum atomic E-state index is 10.2. The number of pyridine rings is 1. The van der Waals surface area contributed by atoms with Crippen LogP contribution in [0.3, 0.4) is 0 Å². The molecule has 170 valence electrons. The lowest BCUT2D eigenvalue weighted by Gasteiger charge is -2.57. The highest BCUT2D eigenvalue weighted by Gasteiger charge is 2.48. The second-order valence-electron chi connectivity index (χ2n) is 9.30. The Hall–Kier alpha value is -2.79. The van der Waals surface area contributed by atoms with Gasteiger partial charge in [0.2, 0.25) is 0 Å². The van der Waals surface area contributed by atoms with E-state index in [0.717, 1.165) is 26.2 Å². The molecule has 3 atom stereocenters. The number of aliphatic hydroxyl groups excluding tert-OH is 1. The molecule has 0 unspecified atom stereocenters. The van der Waals surface area contributed by atoms with Crippen molar-refractivity contribution in [2.75, 3.05) is 26.2 Å². The molecule has 33 heavy (non-hydrogen) atoms. The second kappa shape index (κ2) is 10.4. The second-order valence-corrected chi connectivity index (χ2v) is 9.30. The van der Waals surface area contributed by atoms with Crippen LogP contribution < -0.4 is 0 Å². The number of aliphatic hydroxyl groups is 1. The summed E-state index contributed by atoms with van der Waals surface area (Å²) in [5, 5.41) is 10.2. The first-order chi connectivity index (χ1) is 16.3. The van der Waals surface area contributed by atoms with E-state index >= 15 is 0 Å². The van der Waals surface area contributed by atoms with Crippen molar-refractivity contribution in [3.63, 3.8) is 0 Å². The van der Waals surface area contributed by atoms with Gasteiger partial charge in [-0.15, -0.1) is 0 Å². The Balaban J connectivity index is 1.31. The molecule has 0 radical (unpaired) electrons. The van der Waals surface area contributed by atoms with Crippen molar-refractivity contribution >= 4 is 12.2 Å². The maximum Gasteiger partial charge on any atom is 0.0593 e. The third-order valence-corrected chi connectivity index (χ3v) is 7.17. The Morgan fingerprint density at radius 3 is 2.36 bits per heavy atom. The van der Waals surface area contributed by atoms with E-state index in [2.05, 4.69) is 81.5 Å². The topological polar surface area (TPSA) is 39.6 Å². The van der Waals surface area contributed by atoms with Crippen molar-refractivity contribution in [1.82, 2.24) is 14.8 Å². The molecule has 0 spiro atoms. The number of benzene rings is 2. The Morgan fingerprint density at radius 1 is 0.879 bits per heavy atom. The summed E-state index contributed by atoms with van der Waals surface area (Å²) in [5.74, 6) is 0.372. The smallest absolute Gasteiger partial charge is 0.0593 e. The zero-order valence-electron chi connectivity index (χ0n) is 19.1. The van der Waals surface area contributed by atoms with E-state index in [1.807, 2.05) is 24.5 Å². The molecule has 0 saturated carbocycles. The summed E-state index contributed by atoms with van der Waals surface area (Å²) in [4.78, 5) is 9.41. The van der Waals surface area contributed by atoms with E-state index in [0.29, 0.717) is 12.0 Å². The Bertz CT molecular complexity index is 1040. The van der Waals surface area contributed by atoms with Gasteiger partial charge in [0.05, 0.1) is 6.61 Å². The van der Waals surface area contributed by atoms with Crippen LogP contribution in [0.4, 0.5) is 0 Å². The highest BCUT2D eigenvalue weighted by atomic mass is 16.3. The zero-order chi connectivity index (χ0) is 22.5. The van der Waals surface area contributed by atoms with Gasteiger partial charge < -0.3 is 5.11 Å². The first-order valence-electron chi connectivity index (χ1n) is 12.1. The summed E-state index contributed by atoms with van der Waals surface area (Å²) in [5.41, 5.74) is 5.03. The Morgan fingerprint density at radius 2 is 1.64 bits per heavy atom. The summed E-state index contributed by atoms with van der Waals surface area (Å²) in [6.45, 7) is 4.41. The fourth-order valence-corrected chi connectivity index (χ4v) is 5.49. The van der Waals surface area contributed by atoms with E-state index in [1.165, 1.54) is 35.1 Å². The molecule has 0 amide bonds. The van der Waals surface area contributed by atoms with E-state index in [-0.39, 0.29) is 12.6 Å². The van der Waals surface area contributed by atoms with Gasteiger partial charge in [0.15, 0.2) is 0 Å². The van der Waals surface area contributed by atoms with Crippen LogP contribution in [0.5, 0.6) is 0 Å². The first kappa shape index (κ1) is 22.0. The third-order valence-electron chi connectivity index (χ3n) is 7.17. The van der Waals surface area contributed by atoms with Crippen molar-refractivity contribution < 1.29 is 5.11 Å². The normalized spacial score (nSPS) is 24.1. The Labute approximate surface area is 197 Å². The molecule has 5 rings (SSSR count). The molecular weight excluding hydrogens is 406 g/mol. The fraction of sp³-hybridized carbons (Fsp3) is 0.345. The minimum atomic E-state index is 0.221. The highest BCUT2D eigenvalue weighted by molar-refractivity contribution is 5.69. The van der Waals surface area contributed by atoms with Gasteiger partial charge in [0, 0.05) is 43.5 Å². The SMILES string of the molecule is OC[C@H]1[C@H](c2ccc(C=Cc3ccccc3)cc2)[C@H]2CN(Cc3cccnc3)CCCCN21. The molecule has 1 N–H and O–H groups in total. The summed E-state index contributed by atoms with van der Waals surface area (Å²) in [7, 11) is 0.